The molecule has 22 heavy (non-hydrogen) atoms. The number of carbonyl (C=O) groups is 1. The van der Waals surface area contributed by atoms with E-state index in [1.54, 1.807) is 10.9 Å². The van der Waals surface area contributed by atoms with E-state index in [1.807, 2.05) is 51.1 Å². The van der Waals surface area contributed by atoms with Crippen molar-refractivity contribution in [1.82, 2.24) is 9.55 Å². The molecule has 2 aromatic rings. The SMILES string of the molecule is C#CCn1cnc(-c2ccccc2)c1NC(=O)OC(C)(C)C. The standard InChI is InChI=1S/C17H19N3O2/c1-5-11-20-12-18-14(13-9-7-6-8-10-13)15(20)19-16(21)22-17(2,3)4/h1,6-10,12H,11H2,2-4H3,(H,19,21). The van der Waals surface area contributed by atoms with Crippen LogP contribution in [0.3, 0.4) is 0 Å². The highest BCUT2D eigenvalue weighted by atomic mass is 16.6. The predicted molar refractivity (Wildman–Crippen MR) is 86.4 cm³/mol. The number of rotatable bonds is 3. The third-order valence-electron chi connectivity index (χ3n) is 2.77. The summed E-state index contributed by atoms with van der Waals surface area (Å²) in [4.78, 5) is 16.4. The zero-order valence-electron chi connectivity index (χ0n) is 13.0. The van der Waals surface area contributed by atoms with Gasteiger partial charge in [0.25, 0.3) is 0 Å². The van der Waals surface area contributed by atoms with Crippen molar-refractivity contribution in [2.75, 3.05) is 5.32 Å². The summed E-state index contributed by atoms with van der Waals surface area (Å²) < 4.78 is 6.99. The van der Waals surface area contributed by atoms with Gasteiger partial charge in [0.05, 0.1) is 12.9 Å². The Morgan fingerprint density at radius 1 is 1.36 bits per heavy atom. The molecule has 0 aliphatic carbocycles. The zero-order valence-corrected chi connectivity index (χ0v) is 13.0. The molecule has 0 fully saturated rings. The molecule has 1 heterocycles. The fraction of sp³-hybridized carbons (Fsp3) is 0.294. The Labute approximate surface area is 130 Å². The van der Waals surface area contributed by atoms with Gasteiger partial charge in [0.15, 0.2) is 0 Å². The number of terminal acetylenes is 1. The Bertz CT molecular complexity index is 691. The van der Waals surface area contributed by atoms with Gasteiger partial charge in [0.1, 0.15) is 17.1 Å². The number of nitrogens with one attached hydrogen (secondary N) is 1. The van der Waals surface area contributed by atoms with Gasteiger partial charge in [-0.25, -0.2) is 9.78 Å². The molecule has 5 nitrogen and oxygen atoms in total. The fourth-order valence-corrected chi connectivity index (χ4v) is 1.94. The summed E-state index contributed by atoms with van der Waals surface area (Å²) in [5, 5.41) is 2.74. The maximum Gasteiger partial charge on any atom is 0.413 e. The summed E-state index contributed by atoms with van der Waals surface area (Å²) >= 11 is 0. The molecular formula is C17H19N3O2. The second-order valence-corrected chi connectivity index (χ2v) is 5.77. The lowest BCUT2D eigenvalue weighted by atomic mass is 10.1. The van der Waals surface area contributed by atoms with Crippen molar-refractivity contribution < 1.29 is 9.53 Å². The van der Waals surface area contributed by atoms with E-state index in [0.29, 0.717) is 18.1 Å². The average molecular weight is 297 g/mol. The average Bonchev–Trinajstić information content (AvgIpc) is 2.81. The molecule has 0 saturated heterocycles. The van der Waals surface area contributed by atoms with Crippen LogP contribution in [0.4, 0.5) is 10.6 Å². The molecule has 1 N–H and O–H groups in total. The van der Waals surface area contributed by atoms with E-state index in [1.165, 1.54) is 0 Å². The van der Waals surface area contributed by atoms with Crippen molar-refractivity contribution in [2.24, 2.45) is 0 Å². The Morgan fingerprint density at radius 2 is 2.05 bits per heavy atom. The molecule has 0 spiro atoms. The van der Waals surface area contributed by atoms with Crippen molar-refractivity contribution in [2.45, 2.75) is 32.9 Å². The normalized spacial score (nSPS) is 10.8. The molecule has 1 amide bonds. The van der Waals surface area contributed by atoms with Crippen LogP contribution in [0.5, 0.6) is 0 Å². The van der Waals surface area contributed by atoms with Crippen molar-refractivity contribution in [3.63, 3.8) is 0 Å². The molecule has 2 rings (SSSR count). The number of anilines is 1. The van der Waals surface area contributed by atoms with Crippen molar-refractivity contribution in [3.05, 3.63) is 36.7 Å². The van der Waals surface area contributed by atoms with Crippen LogP contribution in [0.2, 0.25) is 0 Å². The van der Waals surface area contributed by atoms with E-state index >= 15 is 0 Å². The van der Waals surface area contributed by atoms with Crippen molar-refractivity contribution >= 4 is 11.9 Å². The number of hydrogen-bond acceptors (Lipinski definition) is 3. The van der Waals surface area contributed by atoms with Crippen LogP contribution in [0.25, 0.3) is 11.3 Å². The Balaban J connectivity index is 2.33. The van der Waals surface area contributed by atoms with Crippen LogP contribution >= 0.6 is 0 Å². The van der Waals surface area contributed by atoms with Gasteiger partial charge in [-0.1, -0.05) is 36.3 Å². The van der Waals surface area contributed by atoms with Gasteiger partial charge < -0.3 is 9.30 Å². The van der Waals surface area contributed by atoms with E-state index in [4.69, 9.17) is 11.2 Å². The topological polar surface area (TPSA) is 56.2 Å². The summed E-state index contributed by atoms with van der Waals surface area (Å²) in [6, 6.07) is 9.58. The lowest BCUT2D eigenvalue weighted by molar-refractivity contribution is 0.0635. The first-order chi connectivity index (χ1) is 10.4. The van der Waals surface area contributed by atoms with E-state index in [9.17, 15) is 4.79 Å². The molecule has 0 atom stereocenters. The highest BCUT2D eigenvalue weighted by molar-refractivity contribution is 5.89. The molecule has 0 aliphatic rings. The fourth-order valence-electron chi connectivity index (χ4n) is 1.94. The summed E-state index contributed by atoms with van der Waals surface area (Å²) in [5.41, 5.74) is 0.972. The van der Waals surface area contributed by atoms with Gasteiger partial charge >= 0.3 is 6.09 Å². The Kier molecular flexibility index (Phi) is 4.52. The minimum Gasteiger partial charge on any atom is -0.444 e. The minimum absolute atomic E-state index is 0.310. The maximum absolute atomic E-state index is 12.0. The lowest BCUT2D eigenvalue weighted by Crippen LogP contribution is -2.28. The van der Waals surface area contributed by atoms with E-state index in [-0.39, 0.29) is 0 Å². The smallest absolute Gasteiger partial charge is 0.413 e. The quantitative estimate of drug-likeness (QED) is 0.882. The number of carbonyl (C=O) groups excluding carboxylic acids is 1. The number of imidazole rings is 1. The molecular weight excluding hydrogens is 278 g/mol. The molecule has 1 aromatic carbocycles. The van der Waals surface area contributed by atoms with Crippen LogP contribution in [0.15, 0.2) is 36.7 Å². The number of aromatic nitrogens is 2. The predicted octanol–water partition coefficient (Wildman–Crippen LogP) is 3.53. The van der Waals surface area contributed by atoms with Gasteiger partial charge in [-0.2, -0.15) is 0 Å². The zero-order chi connectivity index (χ0) is 16.2. The number of ether oxygens (including phenoxy) is 1. The number of amides is 1. The van der Waals surface area contributed by atoms with E-state index in [0.717, 1.165) is 5.56 Å². The highest BCUT2D eigenvalue weighted by Crippen LogP contribution is 2.27. The first-order valence-electron chi connectivity index (χ1n) is 6.95. The van der Waals surface area contributed by atoms with Gasteiger partial charge in [0, 0.05) is 5.56 Å². The monoisotopic (exact) mass is 297 g/mol. The first kappa shape index (κ1) is 15.6. The third-order valence-corrected chi connectivity index (χ3v) is 2.77. The Hall–Kier alpha value is -2.74. The summed E-state index contributed by atoms with van der Waals surface area (Å²) in [7, 11) is 0. The molecule has 0 unspecified atom stereocenters. The second-order valence-electron chi connectivity index (χ2n) is 5.77. The highest BCUT2D eigenvalue weighted by Gasteiger charge is 2.20. The molecule has 0 radical (unpaired) electrons. The first-order valence-corrected chi connectivity index (χ1v) is 6.95. The van der Waals surface area contributed by atoms with Crippen molar-refractivity contribution in [1.29, 1.82) is 0 Å². The van der Waals surface area contributed by atoms with E-state index < -0.39 is 11.7 Å². The third kappa shape index (κ3) is 3.89. The number of nitrogens with zero attached hydrogens (tertiary/aromatic N) is 2. The van der Waals surface area contributed by atoms with Gasteiger partial charge in [0.2, 0.25) is 0 Å². The van der Waals surface area contributed by atoms with Gasteiger partial charge in [-0.05, 0) is 20.8 Å². The molecule has 0 bridgehead atoms. The van der Waals surface area contributed by atoms with Crippen LogP contribution in [-0.2, 0) is 11.3 Å². The molecule has 114 valence electrons. The molecule has 0 aliphatic heterocycles. The van der Waals surface area contributed by atoms with E-state index in [2.05, 4.69) is 16.2 Å². The lowest BCUT2D eigenvalue weighted by Gasteiger charge is -2.20. The van der Waals surface area contributed by atoms with Crippen LogP contribution < -0.4 is 5.32 Å². The molecule has 0 saturated carbocycles. The van der Waals surface area contributed by atoms with Crippen molar-refractivity contribution in [3.8, 4) is 23.6 Å². The second kappa shape index (κ2) is 6.35. The number of benzene rings is 1. The molecule has 1 aromatic heterocycles. The maximum atomic E-state index is 12.0. The van der Waals surface area contributed by atoms with Crippen LogP contribution in [0, 0.1) is 12.3 Å². The minimum atomic E-state index is -0.575. The summed E-state index contributed by atoms with van der Waals surface area (Å²) in [5.74, 6) is 3.07. The van der Waals surface area contributed by atoms with Gasteiger partial charge in [-0.3, -0.25) is 5.32 Å². The number of hydrogen-bond donors (Lipinski definition) is 1. The summed E-state index contributed by atoms with van der Waals surface area (Å²) in [6.45, 7) is 5.74. The summed E-state index contributed by atoms with van der Waals surface area (Å²) in [6.07, 6.45) is 6.43. The largest absolute Gasteiger partial charge is 0.444 e. The van der Waals surface area contributed by atoms with Gasteiger partial charge in [-0.15, -0.1) is 6.42 Å². The van der Waals surface area contributed by atoms with Crippen LogP contribution in [-0.4, -0.2) is 21.2 Å². The Morgan fingerprint density at radius 3 is 2.64 bits per heavy atom. The van der Waals surface area contributed by atoms with Crippen LogP contribution in [0.1, 0.15) is 20.8 Å². The molecule has 5 heteroatoms.